The molecule has 0 saturated carbocycles. The van der Waals surface area contributed by atoms with Gasteiger partial charge in [-0.3, -0.25) is 0 Å². The molecule has 1 nitrogen and oxygen atoms in total. The molecule has 0 radical (unpaired) electrons. The molecule has 9 rings (SSSR count). The summed E-state index contributed by atoms with van der Waals surface area (Å²) in [5.74, 6) is 0. The summed E-state index contributed by atoms with van der Waals surface area (Å²) in [6, 6.07) is 55.6. The van der Waals surface area contributed by atoms with Gasteiger partial charge in [-0.25, -0.2) is 0 Å². The average molecular weight is 552 g/mol. The molecule has 0 fully saturated rings. The summed E-state index contributed by atoms with van der Waals surface area (Å²) in [6.07, 6.45) is 0. The Morgan fingerprint density at radius 1 is 0.357 bits per heavy atom. The molecule has 1 aromatic heterocycles. The van der Waals surface area contributed by atoms with Gasteiger partial charge in [0.25, 0.3) is 0 Å². The number of anilines is 3. The van der Waals surface area contributed by atoms with Gasteiger partial charge in [0.15, 0.2) is 0 Å². The Labute approximate surface area is 247 Å². The number of rotatable bonds is 3. The molecule has 2 heteroatoms. The lowest BCUT2D eigenvalue weighted by molar-refractivity contribution is 1.32. The largest absolute Gasteiger partial charge is 0.309 e. The highest BCUT2D eigenvalue weighted by Gasteiger charge is 2.20. The summed E-state index contributed by atoms with van der Waals surface area (Å²) in [6.45, 7) is 0. The van der Waals surface area contributed by atoms with Crippen molar-refractivity contribution in [2.75, 3.05) is 4.90 Å². The molecular formula is C40H25NS. The molecule has 0 saturated heterocycles. The first kappa shape index (κ1) is 23.5. The summed E-state index contributed by atoms with van der Waals surface area (Å²) in [4.78, 5) is 2.46. The summed E-state index contributed by atoms with van der Waals surface area (Å²) in [5.41, 5.74) is 3.51. The number of nitrogens with zero attached hydrogens (tertiary/aromatic N) is 1. The van der Waals surface area contributed by atoms with Crippen LogP contribution in [0.5, 0.6) is 0 Å². The smallest absolute Gasteiger partial charge is 0.0546 e. The van der Waals surface area contributed by atoms with E-state index in [-0.39, 0.29) is 0 Å². The van der Waals surface area contributed by atoms with Crippen LogP contribution in [0, 0.1) is 0 Å². The van der Waals surface area contributed by atoms with Crippen LogP contribution in [0.2, 0.25) is 0 Å². The van der Waals surface area contributed by atoms with Crippen LogP contribution >= 0.6 is 11.3 Å². The SMILES string of the molecule is c1ccc2c(N(c3ccc4c(ccc5c6ccccc6sc45)c3)c3cc4ccccc4c4ccccc34)cccc2c1. The molecule has 0 aliphatic rings. The second-order valence-electron chi connectivity index (χ2n) is 10.9. The fraction of sp³-hybridized carbons (Fsp3) is 0. The fourth-order valence-corrected chi connectivity index (χ4v) is 7.91. The van der Waals surface area contributed by atoms with Gasteiger partial charge in [-0.05, 0) is 62.6 Å². The van der Waals surface area contributed by atoms with Crippen LogP contribution in [0.4, 0.5) is 17.1 Å². The predicted molar refractivity (Wildman–Crippen MR) is 184 cm³/mol. The minimum absolute atomic E-state index is 1.15. The maximum Gasteiger partial charge on any atom is 0.0546 e. The number of hydrogen-bond acceptors (Lipinski definition) is 2. The summed E-state index contributed by atoms with van der Waals surface area (Å²) in [7, 11) is 0. The molecule has 0 bridgehead atoms. The van der Waals surface area contributed by atoms with Gasteiger partial charge in [-0.2, -0.15) is 0 Å². The van der Waals surface area contributed by atoms with E-state index in [4.69, 9.17) is 0 Å². The molecule has 0 N–H and O–H groups in total. The third-order valence-electron chi connectivity index (χ3n) is 8.60. The van der Waals surface area contributed by atoms with E-state index >= 15 is 0 Å². The number of fused-ring (bicyclic) bond motifs is 9. The van der Waals surface area contributed by atoms with Gasteiger partial charge in [0.05, 0.1) is 11.4 Å². The molecule has 0 aliphatic carbocycles. The maximum absolute atomic E-state index is 2.46. The molecule has 42 heavy (non-hydrogen) atoms. The molecule has 0 unspecified atom stereocenters. The van der Waals surface area contributed by atoms with E-state index < -0.39 is 0 Å². The van der Waals surface area contributed by atoms with E-state index in [0.717, 1.165) is 5.69 Å². The Morgan fingerprint density at radius 3 is 1.88 bits per heavy atom. The third kappa shape index (κ3) is 3.49. The van der Waals surface area contributed by atoms with E-state index in [9.17, 15) is 0 Å². The van der Waals surface area contributed by atoms with Gasteiger partial charge in [-0.15, -0.1) is 11.3 Å². The highest BCUT2D eigenvalue weighted by Crippen LogP contribution is 2.46. The lowest BCUT2D eigenvalue weighted by Gasteiger charge is -2.29. The maximum atomic E-state index is 2.46. The number of hydrogen-bond donors (Lipinski definition) is 0. The monoisotopic (exact) mass is 551 g/mol. The standard InChI is InChI=1S/C40H25NS/c1-4-14-31-26(10-1)12-9-18-37(31)41(38-25-27-11-2-3-13-30(27)33-15-5-6-16-34(33)38)29-21-23-32-28(24-29)20-22-36-35-17-7-8-19-39(35)42-40(32)36/h1-25H. The molecule has 0 spiro atoms. The highest BCUT2D eigenvalue weighted by atomic mass is 32.1. The Balaban J connectivity index is 1.37. The molecule has 0 amide bonds. The molecule has 0 atom stereocenters. The van der Waals surface area contributed by atoms with Crippen molar-refractivity contribution in [1.82, 2.24) is 0 Å². The minimum atomic E-state index is 1.15. The zero-order chi connectivity index (χ0) is 27.6. The summed E-state index contributed by atoms with van der Waals surface area (Å²) >= 11 is 1.89. The number of benzene rings is 8. The normalized spacial score (nSPS) is 11.8. The van der Waals surface area contributed by atoms with Crippen LogP contribution in [0.25, 0.3) is 63.3 Å². The molecule has 8 aromatic carbocycles. The van der Waals surface area contributed by atoms with E-state index in [1.165, 1.54) is 74.6 Å². The lowest BCUT2D eigenvalue weighted by Crippen LogP contribution is -2.11. The van der Waals surface area contributed by atoms with E-state index in [1.807, 2.05) is 11.3 Å². The number of thiophene rings is 1. The zero-order valence-electron chi connectivity index (χ0n) is 22.8. The lowest BCUT2D eigenvalue weighted by atomic mass is 9.98. The Kier molecular flexibility index (Phi) is 5.13. The first-order valence-electron chi connectivity index (χ1n) is 14.4. The van der Waals surface area contributed by atoms with E-state index in [1.54, 1.807) is 0 Å². The fourth-order valence-electron chi connectivity index (χ4n) is 6.67. The van der Waals surface area contributed by atoms with Gasteiger partial charge in [0.2, 0.25) is 0 Å². The van der Waals surface area contributed by atoms with Crippen LogP contribution < -0.4 is 4.90 Å². The van der Waals surface area contributed by atoms with E-state index in [0.29, 0.717) is 0 Å². The first-order valence-corrected chi connectivity index (χ1v) is 15.2. The van der Waals surface area contributed by atoms with Gasteiger partial charge in [0, 0.05) is 36.6 Å². The van der Waals surface area contributed by atoms with Crippen molar-refractivity contribution in [3.05, 3.63) is 152 Å². The van der Waals surface area contributed by atoms with Crippen LogP contribution in [0.3, 0.4) is 0 Å². The van der Waals surface area contributed by atoms with Crippen LogP contribution in [-0.4, -0.2) is 0 Å². The Bertz CT molecular complexity index is 2480. The second kappa shape index (κ2) is 9.17. The van der Waals surface area contributed by atoms with Gasteiger partial charge in [0.1, 0.15) is 0 Å². The molecule has 196 valence electrons. The molecule has 0 aliphatic heterocycles. The molecule has 1 heterocycles. The molecule has 9 aromatic rings. The van der Waals surface area contributed by atoms with Crippen molar-refractivity contribution >= 4 is 91.7 Å². The van der Waals surface area contributed by atoms with Crippen molar-refractivity contribution < 1.29 is 0 Å². The summed E-state index contributed by atoms with van der Waals surface area (Å²) < 4.78 is 2.69. The summed E-state index contributed by atoms with van der Waals surface area (Å²) in [5, 5.41) is 12.7. The quantitative estimate of drug-likeness (QED) is 0.197. The predicted octanol–water partition coefficient (Wildman–Crippen LogP) is 12.1. The Hall–Kier alpha value is -5.18. The Morgan fingerprint density at radius 2 is 1.00 bits per heavy atom. The van der Waals surface area contributed by atoms with Crippen molar-refractivity contribution in [2.24, 2.45) is 0 Å². The van der Waals surface area contributed by atoms with Crippen molar-refractivity contribution in [2.45, 2.75) is 0 Å². The third-order valence-corrected chi connectivity index (χ3v) is 9.82. The van der Waals surface area contributed by atoms with E-state index in [2.05, 4.69) is 157 Å². The second-order valence-corrected chi connectivity index (χ2v) is 12.0. The van der Waals surface area contributed by atoms with Crippen molar-refractivity contribution in [3.8, 4) is 0 Å². The van der Waals surface area contributed by atoms with Crippen LogP contribution in [-0.2, 0) is 0 Å². The van der Waals surface area contributed by atoms with Gasteiger partial charge >= 0.3 is 0 Å². The molecular weight excluding hydrogens is 527 g/mol. The zero-order valence-corrected chi connectivity index (χ0v) is 23.6. The van der Waals surface area contributed by atoms with Crippen LogP contribution in [0.15, 0.2) is 152 Å². The van der Waals surface area contributed by atoms with Gasteiger partial charge < -0.3 is 4.90 Å². The van der Waals surface area contributed by atoms with Crippen molar-refractivity contribution in [3.63, 3.8) is 0 Å². The van der Waals surface area contributed by atoms with Crippen molar-refractivity contribution in [1.29, 1.82) is 0 Å². The topological polar surface area (TPSA) is 3.24 Å². The van der Waals surface area contributed by atoms with Crippen LogP contribution in [0.1, 0.15) is 0 Å². The first-order chi connectivity index (χ1) is 20.8. The average Bonchev–Trinajstić information content (AvgIpc) is 3.44. The highest BCUT2D eigenvalue weighted by molar-refractivity contribution is 7.26. The van der Waals surface area contributed by atoms with Gasteiger partial charge in [-0.1, -0.05) is 121 Å². The minimum Gasteiger partial charge on any atom is -0.309 e.